The van der Waals surface area contributed by atoms with Crippen molar-refractivity contribution in [2.75, 3.05) is 6.61 Å². The Bertz CT molecular complexity index is 535. The van der Waals surface area contributed by atoms with Crippen LogP contribution in [-0.4, -0.2) is 12.7 Å². The Labute approximate surface area is 145 Å². The monoisotopic (exact) mass is 334 g/mol. The Hall–Kier alpha value is -1.25. The Kier molecular flexibility index (Phi) is 6.02. The second kappa shape index (κ2) is 8.22. The van der Waals surface area contributed by atoms with Crippen molar-refractivity contribution in [3.63, 3.8) is 0 Å². The molecule has 134 valence electrons. The fourth-order valence-electron chi connectivity index (χ4n) is 4.14. The van der Waals surface area contributed by atoms with Crippen LogP contribution in [-0.2, 0) is 6.42 Å². The molecule has 0 spiro atoms. The molecule has 1 unspecified atom stereocenters. The van der Waals surface area contributed by atoms with Gasteiger partial charge in [0.1, 0.15) is 11.9 Å². The third-order valence-electron chi connectivity index (χ3n) is 5.84. The van der Waals surface area contributed by atoms with Crippen molar-refractivity contribution in [2.24, 2.45) is 11.8 Å². The van der Waals surface area contributed by atoms with E-state index >= 15 is 0 Å². The predicted octanol–water partition coefficient (Wildman–Crippen LogP) is 5.91. The van der Waals surface area contributed by atoms with Gasteiger partial charge in [0.05, 0.1) is 6.61 Å². The number of aryl methyl sites for hydroxylation is 1. The number of unbranched alkanes of at least 4 members (excludes halogenated alkanes) is 1. The van der Waals surface area contributed by atoms with Crippen LogP contribution in [0.4, 0.5) is 4.39 Å². The van der Waals surface area contributed by atoms with Crippen molar-refractivity contribution in [1.29, 1.82) is 0 Å². The molecule has 0 aromatic heterocycles. The first kappa shape index (κ1) is 17.6. The molecule has 3 heteroatoms. The van der Waals surface area contributed by atoms with Gasteiger partial charge in [-0.2, -0.15) is 0 Å². The summed E-state index contributed by atoms with van der Waals surface area (Å²) in [5, 5.41) is 0. The summed E-state index contributed by atoms with van der Waals surface area (Å²) in [5.41, 5.74) is 1.10. The Morgan fingerprint density at radius 2 is 1.92 bits per heavy atom. The highest BCUT2D eigenvalue weighted by molar-refractivity contribution is 5.43. The minimum absolute atomic E-state index is 0.265. The van der Waals surface area contributed by atoms with Gasteiger partial charge in [-0.05, 0) is 55.6 Å². The van der Waals surface area contributed by atoms with Gasteiger partial charge in [0.2, 0.25) is 0 Å². The van der Waals surface area contributed by atoms with E-state index in [1.54, 1.807) is 6.07 Å². The minimum atomic E-state index is -0.291. The first-order chi connectivity index (χ1) is 11.7. The number of benzene rings is 1. The van der Waals surface area contributed by atoms with E-state index in [0.29, 0.717) is 18.3 Å². The zero-order valence-corrected chi connectivity index (χ0v) is 15.2. The third kappa shape index (κ3) is 4.04. The van der Waals surface area contributed by atoms with E-state index in [1.165, 1.54) is 32.1 Å². The van der Waals surface area contributed by atoms with Gasteiger partial charge in [0, 0.05) is 6.07 Å². The molecule has 0 radical (unpaired) electrons. The zero-order valence-electron chi connectivity index (χ0n) is 15.2. The van der Waals surface area contributed by atoms with E-state index < -0.39 is 0 Å². The van der Waals surface area contributed by atoms with E-state index in [2.05, 4.69) is 13.8 Å². The molecule has 1 aliphatic heterocycles. The van der Waals surface area contributed by atoms with Crippen LogP contribution in [0.15, 0.2) is 12.1 Å². The molecule has 1 heterocycles. The van der Waals surface area contributed by atoms with Crippen molar-refractivity contribution in [3.8, 4) is 11.5 Å². The van der Waals surface area contributed by atoms with Crippen LogP contribution in [0.25, 0.3) is 0 Å². The van der Waals surface area contributed by atoms with Crippen LogP contribution in [0, 0.1) is 17.7 Å². The lowest BCUT2D eigenvalue weighted by Crippen LogP contribution is -2.33. The summed E-state index contributed by atoms with van der Waals surface area (Å²) in [6.07, 6.45) is 10.8. The first-order valence-electron chi connectivity index (χ1n) is 9.83. The summed E-state index contributed by atoms with van der Waals surface area (Å²) in [7, 11) is 0. The fourth-order valence-corrected chi connectivity index (χ4v) is 4.14. The Morgan fingerprint density at radius 3 is 2.62 bits per heavy atom. The van der Waals surface area contributed by atoms with Gasteiger partial charge in [-0.3, -0.25) is 0 Å². The third-order valence-corrected chi connectivity index (χ3v) is 5.84. The molecule has 0 bridgehead atoms. The smallest absolute Gasteiger partial charge is 0.168 e. The fraction of sp³-hybridized carbons (Fsp3) is 0.714. The molecule has 1 fully saturated rings. The van der Waals surface area contributed by atoms with E-state index in [0.717, 1.165) is 42.9 Å². The molecule has 2 nitrogen and oxygen atoms in total. The molecular weight excluding hydrogens is 303 g/mol. The van der Waals surface area contributed by atoms with Crippen LogP contribution < -0.4 is 9.47 Å². The molecule has 24 heavy (non-hydrogen) atoms. The average molecular weight is 334 g/mol. The number of hydrogen-bond donors (Lipinski definition) is 0. The van der Waals surface area contributed by atoms with Crippen molar-refractivity contribution < 1.29 is 13.9 Å². The van der Waals surface area contributed by atoms with E-state index in [9.17, 15) is 4.39 Å². The molecule has 1 saturated carbocycles. The van der Waals surface area contributed by atoms with Gasteiger partial charge in [-0.25, -0.2) is 4.39 Å². The Balaban J connectivity index is 1.62. The van der Waals surface area contributed by atoms with Crippen molar-refractivity contribution >= 4 is 0 Å². The molecular formula is C21H31FO2. The van der Waals surface area contributed by atoms with Gasteiger partial charge in [0.15, 0.2) is 11.6 Å². The molecule has 3 rings (SSSR count). The lowest BCUT2D eigenvalue weighted by Gasteiger charge is -2.36. The Morgan fingerprint density at radius 1 is 1.12 bits per heavy atom. The summed E-state index contributed by atoms with van der Waals surface area (Å²) >= 11 is 0. The maximum absolute atomic E-state index is 14.3. The second-order valence-electron chi connectivity index (χ2n) is 7.48. The molecule has 2 aliphatic rings. The highest BCUT2D eigenvalue weighted by atomic mass is 19.1. The summed E-state index contributed by atoms with van der Waals surface area (Å²) in [6, 6.07) is 3.39. The average Bonchev–Trinajstić information content (AvgIpc) is 2.62. The van der Waals surface area contributed by atoms with Crippen molar-refractivity contribution in [3.05, 3.63) is 23.5 Å². The lowest BCUT2D eigenvalue weighted by atomic mass is 9.77. The van der Waals surface area contributed by atoms with Gasteiger partial charge in [0.25, 0.3) is 0 Å². The quantitative estimate of drug-likeness (QED) is 0.602. The first-order valence-corrected chi connectivity index (χ1v) is 9.83. The maximum Gasteiger partial charge on any atom is 0.168 e. The lowest BCUT2D eigenvalue weighted by molar-refractivity contribution is 0.0759. The molecule has 1 atom stereocenters. The SMILES string of the molecule is CCCCOc1cc2c(cc1F)OC(C1CCC(CC)CC1)CC2. The van der Waals surface area contributed by atoms with Crippen LogP contribution >= 0.6 is 0 Å². The minimum Gasteiger partial charge on any atom is -0.491 e. The number of ether oxygens (including phenoxy) is 2. The van der Waals surface area contributed by atoms with Crippen molar-refractivity contribution in [2.45, 2.75) is 77.7 Å². The maximum atomic E-state index is 14.3. The molecule has 1 aromatic rings. The van der Waals surface area contributed by atoms with Crippen molar-refractivity contribution in [1.82, 2.24) is 0 Å². The highest BCUT2D eigenvalue weighted by Gasteiger charge is 2.31. The molecule has 0 saturated heterocycles. The summed E-state index contributed by atoms with van der Waals surface area (Å²) in [5.74, 6) is 2.37. The largest absolute Gasteiger partial charge is 0.491 e. The normalized spacial score (nSPS) is 26.5. The van der Waals surface area contributed by atoms with E-state index in [1.807, 2.05) is 6.07 Å². The summed E-state index contributed by atoms with van der Waals surface area (Å²) < 4.78 is 26.1. The number of rotatable bonds is 6. The summed E-state index contributed by atoms with van der Waals surface area (Å²) in [4.78, 5) is 0. The standard InChI is InChI=1S/C21H31FO2/c1-3-5-12-23-21-13-17-10-11-19(24-20(17)14-18(21)22)16-8-6-15(4-2)7-9-16/h13-16,19H,3-12H2,1-2H3. The second-order valence-corrected chi connectivity index (χ2v) is 7.48. The van der Waals surface area contributed by atoms with Gasteiger partial charge in [-0.1, -0.05) is 39.5 Å². The van der Waals surface area contributed by atoms with E-state index in [-0.39, 0.29) is 11.9 Å². The molecule has 1 aromatic carbocycles. The number of halogens is 1. The van der Waals surface area contributed by atoms with Crippen LogP contribution in [0.1, 0.15) is 70.8 Å². The number of fused-ring (bicyclic) bond motifs is 1. The van der Waals surface area contributed by atoms with Gasteiger partial charge < -0.3 is 9.47 Å². The predicted molar refractivity (Wildman–Crippen MR) is 95.3 cm³/mol. The molecule has 0 N–H and O–H groups in total. The molecule has 1 aliphatic carbocycles. The van der Waals surface area contributed by atoms with Crippen LogP contribution in [0.5, 0.6) is 11.5 Å². The van der Waals surface area contributed by atoms with Crippen LogP contribution in [0.3, 0.4) is 0 Å². The van der Waals surface area contributed by atoms with E-state index in [4.69, 9.17) is 9.47 Å². The number of hydrogen-bond acceptors (Lipinski definition) is 2. The van der Waals surface area contributed by atoms with Crippen LogP contribution in [0.2, 0.25) is 0 Å². The highest BCUT2D eigenvalue weighted by Crippen LogP contribution is 2.40. The van der Waals surface area contributed by atoms with Gasteiger partial charge in [-0.15, -0.1) is 0 Å². The molecule has 0 amide bonds. The zero-order chi connectivity index (χ0) is 16.9. The summed E-state index contributed by atoms with van der Waals surface area (Å²) in [6.45, 7) is 4.98. The van der Waals surface area contributed by atoms with Gasteiger partial charge >= 0.3 is 0 Å². The topological polar surface area (TPSA) is 18.5 Å².